The first-order valence-corrected chi connectivity index (χ1v) is 7.28. The minimum atomic E-state index is -0.382. The third-order valence-electron chi connectivity index (χ3n) is 4.25. The van der Waals surface area contributed by atoms with Gasteiger partial charge >= 0.3 is 0 Å². The molecule has 1 aliphatic rings. The number of hydrogen-bond donors (Lipinski definition) is 2. The van der Waals surface area contributed by atoms with Crippen molar-refractivity contribution in [3.05, 3.63) is 0 Å². The van der Waals surface area contributed by atoms with Crippen LogP contribution >= 0.6 is 0 Å². The summed E-state index contributed by atoms with van der Waals surface area (Å²) < 4.78 is 5.65. The quantitative estimate of drug-likeness (QED) is 0.730. The Hall–Kier alpha value is -0.610. The molecule has 0 aromatic rings. The van der Waals surface area contributed by atoms with Gasteiger partial charge < -0.3 is 15.8 Å². The van der Waals surface area contributed by atoms with Crippen LogP contribution < -0.4 is 11.1 Å². The molecule has 1 amide bonds. The molecule has 4 nitrogen and oxygen atoms in total. The van der Waals surface area contributed by atoms with Crippen LogP contribution in [0.5, 0.6) is 0 Å². The van der Waals surface area contributed by atoms with Gasteiger partial charge in [-0.3, -0.25) is 4.79 Å². The molecule has 3 N–H and O–H groups in total. The fourth-order valence-corrected chi connectivity index (χ4v) is 2.52. The van der Waals surface area contributed by atoms with Crippen molar-refractivity contribution in [2.75, 3.05) is 19.7 Å². The Morgan fingerprint density at radius 2 is 2.11 bits per heavy atom. The van der Waals surface area contributed by atoms with Crippen molar-refractivity contribution in [1.82, 2.24) is 5.32 Å². The maximum Gasteiger partial charge on any atom is 0.227 e. The molecular formula is C14H28N2O2. The highest BCUT2D eigenvalue weighted by Crippen LogP contribution is 2.25. The standard InChI is InChI=1S/C14H28N2O2/c1-3-14(4-2,11-15)13(17)16-9-8-12-7-5-6-10-18-12/h12H,3-11,15H2,1-2H3,(H,16,17). The second kappa shape index (κ2) is 7.74. The molecule has 0 bridgehead atoms. The average Bonchev–Trinajstić information content (AvgIpc) is 2.42. The van der Waals surface area contributed by atoms with Gasteiger partial charge in [0.05, 0.1) is 11.5 Å². The third-order valence-corrected chi connectivity index (χ3v) is 4.25. The minimum Gasteiger partial charge on any atom is -0.378 e. The Morgan fingerprint density at radius 3 is 2.61 bits per heavy atom. The van der Waals surface area contributed by atoms with E-state index in [-0.39, 0.29) is 11.3 Å². The molecule has 0 spiro atoms. The molecular weight excluding hydrogens is 228 g/mol. The Bertz CT molecular complexity index is 238. The highest BCUT2D eigenvalue weighted by Gasteiger charge is 2.32. The molecule has 106 valence electrons. The fraction of sp³-hybridized carbons (Fsp3) is 0.929. The molecule has 1 heterocycles. The maximum absolute atomic E-state index is 12.2. The second-order valence-electron chi connectivity index (χ2n) is 5.22. The summed E-state index contributed by atoms with van der Waals surface area (Å²) in [5.41, 5.74) is 5.38. The number of ether oxygens (including phenoxy) is 1. The summed E-state index contributed by atoms with van der Waals surface area (Å²) in [5, 5.41) is 3.02. The molecule has 1 rings (SSSR count). The third kappa shape index (κ3) is 3.95. The van der Waals surface area contributed by atoms with E-state index in [4.69, 9.17) is 10.5 Å². The Labute approximate surface area is 111 Å². The van der Waals surface area contributed by atoms with Gasteiger partial charge in [-0.1, -0.05) is 13.8 Å². The van der Waals surface area contributed by atoms with E-state index < -0.39 is 0 Å². The molecule has 4 heteroatoms. The van der Waals surface area contributed by atoms with Crippen molar-refractivity contribution in [3.8, 4) is 0 Å². The van der Waals surface area contributed by atoms with Gasteiger partial charge in [-0.2, -0.15) is 0 Å². The number of nitrogens with two attached hydrogens (primary N) is 1. The van der Waals surface area contributed by atoms with Crippen LogP contribution in [0.25, 0.3) is 0 Å². The SMILES string of the molecule is CCC(CC)(CN)C(=O)NCCC1CCCCO1. The van der Waals surface area contributed by atoms with E-state index in [0.717, 1.165) is 32.3 Å². The zero-order valence-electron chi connectivity index (χ0n) is 11.8. The Balaban J connectivity index is 2.30. The molecule has 1 aliphatic heterocycles. The van der Waals surface area contributed by atoms with Gasteiger partial charge in [-0.25, -0.2) is 0 Å². The van der Waals surface area contributed by atoms with Crippen molar-refractivity contribution in [1.29, 1.82) is 0 Å². The van der Waals surface area contributed by atoms with Crippen LogP contribution in [0.3, 0.4) is 0 Å². The van der Waals surface area contributed by atoms with Gasteiger partial charge in [-0.05, 0) is 38.5 Å². The van der Waals surface area contributed by atoms with Crippen LogP contribution in [0, 0.1) is 5.41 Å². The first-order valence-electron chi connectivity index (χ1n) is 7.28. The van der Waals surface area contributed by atoms with Gasteiger partial charge in [0, 0.05) is 19.7 Å². The molecule has 0 aliphatic carbocycles. The lowest BCUT2D eigenvalue weighted by Crippen LogP contribution is -2.46. The highest BCUT2D eigenvalue weighted by atomic mass is 16.5. The van der Waals surface area contributed by atoms with Crippen LogP contribution in [0.2, 0.25) is 0 Å². The maximum atomic E-state index is 12.2. The highest BCUT2D eigenvalue weighted by molar-refractivity contribution is 5.82. The van der Waals surface area contributed by atoms with Crippen molar-refractivity contribution in [2.24, 2.45) is 11.1 Å². The van der Waals surface area contributed by atoms with Gasteiger partial charge in [0.2, 0.25) is 5.91 Å². The zero-order valence-corrected chi connectivity index (χ0v) is 11.8. The summed E-state index contributed by atoms with van der Waals surface area (Å²) in [5.74, 6) is 0.103. The first-order chi connectivity index (χ1) is 8.68. The normalized spacial score (nSPS) is 20.7. The Kier molecular flexibility index (Phi) is 6.65. The van der Waals surface area contributed by atoms with Crippen molar-refractivity contribution < 1.29 is 9.53 Å². The van der Waals surface area contributed by atoms with Gasteiger partial charge in [-0.15, -0.1) is 0 Å². The molecule has 1 atom stereocenters. The first kappa shape index (κ1) is 15.4. The van der Waals surface area contributed by atoms with Crippen LogP contribution in [0.4, 0.5) is 0 Å². The predicted molar refractivity (Wildman–Crippen MR) is 73.3 cm³/mol. The van der Waals surface area contributed by atoms with Crippen LogP contribution in [0.1, 0.15) is 52.4 Å². The topological polar surface area (TPSA) is 64.4 Å². The van der Waals surface area contributed by atoms with Gasteiger partial charge in [0.15, 0.2) is 0 Å². The van der Waals surface area contributed by atoms with Crippen LogP contribution in [-0.2, 0) is 9.53 Å². The van der Waals surface area contributed by atoms with Gasteiger partial charge in [0.1, 0.15) is 0 Å². The van der Waals surface area contributed by atoms with Gasteiger partial charge in [0.25, 0.3) is 0 Å². The summed E-state index contributed by atoms with van der Waals surface area (Å²) in [6.07, 6.45) is 6.38. The van der Waals surface area contributed by atoms with E-state index in [2.05, 4.69) is 5.32 Å². The molecule has 1 saturated heterocycles. The molecule has 0 radical (unpaired) electrons. The molecule has 0 aromatic carbocycles. The van der Waals surface area contributed by atoms with E-state index in [1.807, 2.05) is 13.8 Å². The summed E-state index contributed by atoms with van der Waals surface area (Å²) in [6.45, 7) is 6.05. The van der Waals surface area contributed by atoms with Crippen molar-refractivity contribution in [2.45, 2.75) is 58.5 Å². The molecule has 1 fully saturated rings. The van der Waals surface area contributed by atoms with E-state index in [0.29, 0.717) is 19.2 Å². The second-order valence-corrected chi connectivity index (χ2v) is 5.22. The molecule has 18 heavy (non-hydrogen) atoms. The van der Waals surface area contributed by atoms with E-state index in [1.54, 1.807) is 0 Å². The molecule has 0 aromatic heterocycles. The minimum absolute atomic E-state index is 0.103. The van der Waals surface area contributed by atoms with Crippen molar-refractivity contribution in [3.63, 3.8) is 0 Å². The van der Waals surface area contributed by atoms with E-state index in [9.17, 15) is 4.79 Å². The lowest BCUT2D eigenvalue weighted by atomic mass is 9.81. The van der Waals surface area contributed by atoms with Crippen LogP contribution in [-0.4, -0.2) is 31.7 Å². The van der Waals surface area contributed by atoms with E-state index in [1.165, 1.54) is 12.8 Å². The lowest BCUT2D eigenvalue weighted by molar-refractivity contribution is -0.131. The lowest BCUT2D eigenvalue weighted by Gasteiger charge is -2.29. The average molecular weight is 256 g/mol. The number of hydrogen-bond acceptors (Lipinski definition) is 3. The smallest absolute Gasteiger partial charge is 0.227 e. The number of carbonyl (C=O) groups is 1. The van der Waals surface area contributed by atoms with E-state index >= 15 is 0 Å². The molecule has 1 unspecified atom stereocenters. The number of carbonyl (C=O) groups excluding carboxylic acids is 1. The van der Waals surface area contributed by atoms with Crippen molar-refractivity contribution >= 4 is 5.91 Å². The Morgan fingerprint density at radius 1 is 1.39 bits per heavy atom. The summed E-state index contributed by atoms with van der Waals surface area (Å²) in [7, 11) is 0. The summed E-state index contributed by atoms with van der Waals surface area (Å²) in [4.78, 5) is 12.2. The monoisotopic (exact) mass is 256 g/mol. The summed E-state index contributed by atoms with van der Waals surface area (Å²) in [6, 6.07) is 0. The largest absolute Gasteiger partial charge is 0.378 e. The molecule has 0 saturated carbocycles. The number of rotatable bonds is 7. The zero-order chi connectivity index (χ0) is 13.4. The fourth-order valence-electron chi connectivity index (χ4n) is 2.52. The predicted octanol–water partition coefficient (Wildman–Crippen LogP) is 1.83. The number of nitrogens with one attached hydrogen (secondary N) is 1. The summed E-state index contributed by atoms with van der Waals surface area (Å²) >= 11 is 0. The van der Waals surface area contributed by atoms with Crippen LogP contribution in [0.15, 0.2) is 0 Å². The number of amides is 1.